The third kappa shape index (κ3) is 4.10. The van der Waals surface area contributed by atoms with Crippen molar-refractivity contribution in [2.45, 2.75) is 33.3 Å². The summed E-state index contributed by atoms with van der Waals surface area (Å²) in [6.07, 6.45) is 2.29. The Bertz CT molecular complexity index is 637. The molecule has 0 saturated carbocycles. The number of H-pyrrole nitrogens is 1. The van der Waals surface area contributed by atoms with Gasteiger partial charge < -0.3 is 19.7 Å². The minimum atomic E-state index is -0.345. The number of amides is 1. The van der Waals surface area contributed by atoms with Crippen LogP contribution in [0.3, 0.4) is 0 Å². The number of rotatable bonds is 8. The van der Waals surface area contributed by atoms with Crippen molar-refractivity contribution in [2.75, 3.05) is 13.2 Å². The second-order valence-electron chi connectivity index (χ2n) is 5.36. The van der Waals surface area contributed by atoms with E-state index in [0.717, 1.165) is 12.0 Å². The number of carbonyl (C=O) groups is 1. The van der Waals surface area contributed by atoms with Crippen molar-refractivity contribution in [3.8, 4) is 5.88 Å². The quantitative estimate of drug-likeness (QED) is 0.680. The third-order valence-corrected chi connectivity index (χ3v) is 3.70. The van der Waals surface area contributed by atoms with Crippen molar-refractivity contribution in [3.05, 3.63) is 29.3 Å². The Hall–Kier alpha value is -2.35. The molecular formula is C15H22N4O4. The summed E-state index contributed by atoms with van der Waals surface area (Å²) in [4.78, 5) is 11.8. The van der Waals surface area contributed by atoms with Gasteiger partial charge in [-0.15, -0.1) is 5.10 Å². The van der Waals surface area contributed by atoms with E-state index in [1.807, 2.05) is 6.92 Å². The molecule has 0 aliphatic rings. The van der Waals surface area contributed by atoms with Crippen LogP contribution in [0.1, 0.15) is 48.2 Å². The summed E-state index contributed by atoms with van der Waals surface area (Å²) in [5, 5.41) is 21.7. The number of aryl methyl sites for hydroxylation is 1. The van der Waals surface area contributed by atoms with Crippen LogP contribution >= 0.6 is 0 Å². The van der Waals surface area contributed by atoms with Crippen molar-refractivity contribution in [1.82, 2.24) is 20.7 Å². The van der Waals surface area contributed by atoms with Gasteiger partial charge in [0, 0.05) is 12.6 Å². The van der Waals surface area contributed by atoms with Crippen LogP contribution in [-0.2, 0) is 0 Å². The van der Waals surface area contributed by atoms with E-state index in [9.17, 15) is 4.79 Å². The van der Waals surface area contributed by atoms with Crippen LogP contribution in [0.25, 0.3) is 0 Å². The first-order valence-corrected chi connectivity index (χ1v) is 7.59. The van der Waals surface area contributed by atoms with Gasteiger partial charge in [0.1, 0.15) is 17.6 Å². The van der Waals surface area contributed by atoms with E-state index in [2.05, 4.69) is 34.5 Å². The Kier molecular flexibility index (Phi) is 5.75. The number of hydrogen-bond acceptors (Lipinski definition) is 6. The molecule has 2 aromatic rings. The molecule has 2 atom stereocenters. The maximum atomic E-state index is 11.8. The fraction of sp³-hybridized carbons (Fsp3) is 0.533. The Morgan fingerprint density at radius 1 is 1.57 bits per heavy atom. The Morgan fingerprint density at radius 2 is 2.35 bits per heavy atom. The number of nitrogens with zero attached hydrogens (tertiary/aromatic N) is 2. The van der Waals surface area contributed by atoms with Gasteiger partial charge in [-0.25, -0.2) is 0 Å². The molecule has 0 aliphatic carbocycles. The molecule has 0 spiro atoms. The van der Waals surface area contributed by atoms with Gasteiger partial charge in [0.2, 0.25) is 5.88 Å². The van der Waals surface area contributed by atoms with Gasteiger partial charge in [-0.2, -0.15) is 0 Å². The SMILES string of the molecule is CCC(C)C(Oc1cc(C(=O)NCCO)[nH]n1)c1cnoc1C. The van der Waals surface area contributed by atoms with Gasteiger partial charge >= 0.3 is 0 Å². The fourth-order valence-electron chi connectivity index (χ4n) is 2.15. The second kappa shape index (κ2) is 7.77. The molecule has 2 aromatic heterocycles. The maximum absolute atomic E-state index is 11.8. The molecule has 0 aromatic carbocycles. The molecule has 126 valence electrons. The standard InChI is InChI=1S/C15H22N4O4/c1-4-9(2)14(11-8-17-23-10(11)3)22-13-7-12(18-19-13)15(21)16-5-6-20/h7-9,14,20H,4-6H2,1-3H3,(H,16,21)(H,18,19). The molecule has 2 heterocycles. The van der Waals surface area contributed by atoms with E-state index in [0.29, 0.717) is 11.6 Å². The molecule has 2 rings (SSSR count). The number of aliphatic hydroxyl groups excluding tert-OH is 1. The summed E-state index contributed by atoms with van der Waals surface area (Å²) in [6.45, 7) is 6.04. The Labute approximate surface area is 134 Å². The van der Waals surface area contributed by atoms with Crippen LogP contribution in [0.5, 0.6) is 5.88 Å². The number of aromatic nitrogens is 3. The molecule has 3 N–H and O–H groups in total. The van der Waals surface area contributed by atoms with Gasteiger partial charge in [0.25, 0.3) is 5.91 Å². The number of hydrogen-bond donors (Lipinski definition) is 3. The zero-order valence-corrected chi connectivity index (χ0v) is 13.5. The molecular weight excluding hydrogens is 300 g/mol. The Balaban J connectivity index is 2.13. The lowest BCUT2D eigenvalue weighted by Crippen LogP contribution is -2.26. The Morgan fingerprint density at radius 3 is 2.96 bits per heavy atom. The van der Waals surface area contributed by atoms with Crippen molar-refractivity contribution in [3.63, 3.8) is 0 Å². The molecule has 23 heavy (non-hydrogen) atoms. The van der Waals surface area contributed by atoms with Crippen LogP contribution in [0.15, 0.2) is 16.8 Å². The third-order valence-electron chi connectivity index (χ3n) is 3.70. The summed E-state index contributed by atoms with van der Waals surface area (Å²) in [6, 6.07) is 1.53. The molecule has 1 amide bonds. The molecule has 8 nitrogen and oxygen atoms in total. The summed E-state index contributed by atoms with van der Waals surface area (Å²) in [7, 11) is 0. The number of aromatic amines is 1. The second-order valence-corrected chi connectivity index (χ2v) is 5.36. The topological polar surface area (TPSA) is 113 Å². The molecule has 8 heteroatoms. The first kappa shape index (κ1) is 17.0. The van der Waals surface area contributed by atoms with E-state index < -0.39 is 0 Å². The van der Waals surface area contributed by atoms with E-state index in [4.69, 9.17) is 14.4 Å². The van der Waals surface area contributed by atoms with Crippen LogP contribution in [0, 0.1) is 12.8 Å². The van der Waals surface area contributed by atoms with E-state index >= 15 is 0 Å². The van der Waals surface area contributed by atoms with Crippen LogP contribution in [0.2, 0.25) is 0 Å². The predicted molar refractivity (Wildman–Crippen MR) is 82.1 cm³/mol. The molecule has 0 bridgehead atoms. The molecule has 0 saturated heterocycles. The minimum Gasteiger partial charge on any atom is -0.468 e. The smallest absolute Gasteiger partial charge is 0.269 e. The molecule has 0 fully saturated rings. The lowest BCUT2D eigenvalue weighted by molar-refractivity contribution is 0.0939. The highest BCUT2D eigenvalue weighted by Gasteiger charge is 2.25. The van der Waals surface area contributed by atoms with Gasteiger partial charge in [-0.05, 0) is 19.3 Å². The highest BCUT2D eigenvalue weighted by molar-refractivity contribution is 5.92. The zero-order valence-electron chi connectivity index (χ0n) is 13.5. The largest absolute Gasteiger partial charge is 0.468 e. The van der Waals surface area contributed by atoms with Crippen molar-refractivity contribution >= 4 is 5.91 Å². The number of ether oxygens (including phenoxy) is 1. The lowest BCUT2D eigenvalue weighted by Gasteiger charge is -2.22. The van der Waals surface area contributed by atoms with Gasteiger partial charge in [0.15, 0.2) is 0 Å². The molecule has 0 radical (unpaired) electrons. The minimum absolute atomic E-state index is 0.119. The van der Waals surface area contributed by atoms with E-state index in [1.165, 1.54) is 6.07 Å². The normalized spacial score (nSPS) is 13.6. The summed E-state index contributed by atoms with van der Waals surface area (Å²) < 4.78 is 11.1. The van der Waals surface area contributed by atoms with Gasteiger partial charge in [0.05, 0.1) is 18.4 Å². The fourth-order valence-corrected chi connectivity index (χ4v) is 2.15. The van der Waals surface area contributed by atoms with Gasteiger partial charge in [-0.1, -0.05) is 19.0 Å². The highest BCUT2D eigenvalue weighted by atomic mass is 16.5. The number of nitrogens with one attached hydrogen (secondary N) is 2. The van der Waals surface area contributed by atoms with E-state index in [1.54, 1.807) is 6.20 Å². The van der Waals surface area contributed by atoms with Crippen molar-refractivity contribution in [2.24, 2.45) is 5.92 Å². The average Bonchev–Trinajstić information content (AvgIpc) is 3.18. The monoisotopic (exact) mass is 322 g/mol. The van der Waals surface area contributed by atoms with Crippen molar-refractivity contribution in [1.29, 1.82) is 0 Å². The molecule has 0 aliphatic heterocycles. The lowest BCUT2D eigenvalue weighted by atomic mass is 9.96. The van der Waals surface area contributed by atoms with Crippen LogP contribution < -0.4 is 10.1 Å². The van der Waals surface area contributed by atoms with Crippen LogP contribution in [0.4, 0.5) is 0 Å². The summed E-state index contributed by atoms with van der Waals surface area (Å²) in [5.41, 5.74) is 1.15. The number of aliphatic hydroxyl groups is 1. The summed E-state index contributed by atoms with van der Waals surface area (Å²) >= 11 is 0. The van der Waals surface area contributed by atoms with E-state index in [-0.39, 0.29) is 36.8 Å². The average molecular weight is 322 g/mol. The summed E-state index contributed by atoms with van der Waals surface area (Å²) in [5.74, 6) is 0.899. The maximum Gasteiger partial charge on any atom is 0.269 e. The van der Waals surface area contributed by atoms with Gasteiger partial charge in [-0.3, -0.25) is 9.89 Å². The van der Waals surface area contributed by atoms with Crippen LogP contribution in [-0.4, -0.2) is 39.5 Å². The molecule has 2 unspecified atom stereocenters. The predicted octanol–water partition coefficient (Wildman–Crippen LogP) is 1.59. The highest BCUT2D eigenvalue weighted by Crippen LogP contribution is 2.31. The first-order valence-electron chi connectivity index (χ1n) is 7.59. The first-order chi connectivity index (χ1) is 11.1. The zero-order chi connectivity index (χ0) is 16.8. The van der Waals surface area contributed by atoms with Crippen molar-refractivity contribution < 1.29 is 19.2 Å². The number of carbonyl (C=O) groups excluding carboxylic acids is 1.